The molecule has 0 bridgehead atoms. The highest BCUT2D eigenvalue weighted by Gasteiger charge is 2.34. The molecule has 11 heteroatoms. The van der Waals surface area contributed by atoms with Gasteiger partial charge in [0.1, 0.15) is 17.3 Å². The minimum Gasteiger partial charge on any atom is -0.363 e. The first-order chi connectivity index (χ1) is 13.3. The number of nitrogens with zero attached hydrogens (tertiary/aromatic N) is 4. The molecule has 1 aliphatic heterocycles. The van der Waals surface area contributed by atoms with Crippen LogP contribution in [0.1, 0.15) is 5.56 Å². The van der Waals surface area contributed by atoms with E-state index in [-0.39, 0.29) is 43.1 Å². The second kappa shape index (κ2) is 7.49. The van der Waals surface area contributed by atoms with Crippen molar-refractivity contribution in [2.75, 3.05) is 31.1 Å². The lowest BCUT2D eigenvalue weighted by molar-refractivity contribution is -0.384. The maximum absolute atomic E-state index is 13.9. The van der Waals surface area contributed by atoms with Gasteiger partial charge in [-0.05, 0) is 24.3 Å². The van der Waals surface area contributed by atoms with Crippen molar-refractivity contribution in [3.05, 3.63) is 63.7 Å². The molecular weight excluding hydrogens is 394 g/mol. The number of halogens is 2. The highest BCUT2D eigenvalue weighted by Crippen LogP contribution is 2.31. The summed E-state index contributed by atoms with van der Waals surface area (Å²) >= 11 is 0. The summed E-state index contributed by atoms with van der Waals surface area (Å²) in [5, 5.41) is 20.3. The molecule has 0 atom stereocenters. The van der Waals surface area contributed by atoms with Crippen LogP contribution in [0.2, 0.25) is 0 Å². The van der Waals surface area contributed by atoms with Crippen molar-refractivity contribution in [3.63, 3.8) is 0 Å². The first-order valence-electron chi connectivity index (χ1n) is 8.13. The number of hydrogen-bond donors (Lipinski definition) is 0. The van der Waals surface area contributed by atoms with Crippen molar-refractivity contribution in [1.82, 2.24) is 4.31 Å². The molecule has 0 saturated carbocycles. The molecule has 0 aromatic heterocycles. The summed E-state index contributed by atoms with van der Waals surface area (Å²) < 4.78 is 54.0. The molecule has 146 valence electrons. The molecule has 0 amide bonds. The van der Waals surface area contributed by atoms with Gasteiger partial charge < -0.3 is 4.90 Å². The number of sulfonamides is 1. The Hall–Kier alpha value is -3.10. The third-order valence-electron chi connectivity index (χ3n) is 4.40. The zero-order valence-electron chi connectivity index (χ0n) is 14.4. The largest absolute Gasteiger partial charge is 0.363 e. The summed E-state index contributed by atoms with van der Waals surface area (Å²) in [7, 11) is -4.40. The molecule has 8 nitrogen and oxygen atoms in total. The topological polar surface area (TPSA) is 108 Å². The summed E-state index contributed by atoms with van der Waals surface area (Å²) in [5.74, 6) is -2.36. The Labute approximate surface area is 159 Å². The highest BCUT2D eigenvalue weighted by atomic mass is 32.2. The molecule has 1 heterocycles. The molecule has 0 aliphatic carbocycles. The fraction of sp³-hybridized carbons (Fsp3) is 0.235. The number of hydrogen-bond acceptors (Lipinski definition) is 6. The number of nitro benzene ring substituents is 1. The van der Waals surface area contributed by atoms with E-state index in [9.17, 15) is 27.3 Å². The number of nitro groups is 1. The number of nitriles is 1. The smallest absolute Gasteiger partial charge is 0.292 e. The summed E-state index contributed by atoms with van der Waals surface area (Å²) in [5.41, 5.74) is 0.206. The van der Waals surface area contributed by atoms with Crippen LogP contribution in [0.3, 0.4) is 0 Å². The van der Waals surface area contributed by atoms with E-state index in [2.05, 4.69) is 0 Å². The standard InChI is InChI=1S/C17H14F2N4O4S/c18-13-2-1-3-14(19)17(13)28(26,27)22-8-6-21(7-9-22)16-10-12(11-20)4-5-15(16)23(24)25/h1-5,10H,6-9H2. The highest BCUT2D eigenvalue weighted by molar-refractivity contribution is 7.89. The fourth-order valence-electron chi connectivity index (χ4n) is 3.03. The van der Waals surface area contributed by atoms with Gasteiger partial charge in [0.25, 0.3) is 5.69 Å². The second-order valence-corrected chi connectivity index (χ2v) is 7.89. The van der Waals surface area contributed by atoms with Crippen LogP contribution in [0.25, 0.3) is 0 Å². The van der Waals surface area contributed by atoms with E-state index in [0.717, 1.165) is 22.5 Å². The van der Waals surface area contributed by atoms with Gasteiger partial charge in [0, 0.05) is 32.2 Å². The SMILES string of the molecule is N#Cc1ccc([N+](=O)[O-])c(N2CCN(S(=O)(=O)c3c(F)cccc3F)CC2)c1. The van der Waals surface area contributed by atoms with Crippen molar-refractivity contribution in [2.24, 2.45) is 0 Å². The number of benzene rings is 2. The van der Waals surface area contributed by atoms with Crippen LogP contribution in [0, 0.1) is 33.1 Å². The van der Waals surface area contributed by atoms with Gasteiger partial charge in [-0.15, -0.1) is 0 Å². The van der Waals surface area contributed by atoms with Crippen LogP contribution in [-0.2, 0) is 10.0 Å². The van der Waals surface area contributed by atoms with Crippen molar-refractivity contribution in [2.45, 2.75) is 4.90 Å². The van der Waals surface area contributed by atoms with E-state index in [1.165, 1.54) is 18.2 Å². The first-order valence-corrected chi connectivity index (χ1v) is 9.57. The summed E-state index contributed by atoms with van der Waals surface area (Å²) in [4.78, 5) is 11.2. The van der Waals surface area contributed by atoms with Crippen molar-refractivity contribution in [3.8, 4) is 6.07 Å². The molecule has 1 saturated heterocycles. The normalized spacial score (nSPS) is 15.2. The Morgan fingerprint density at radius 3 is 2.21 bits per heavy atom. The maximum Gasteiger partial charge on any atom is 0.292 e. The molecule has 28 heavy (non-hydrogen) atoms. The first kappa shape index (κ1) is 19.7. The predicted molar refractivity (Wildman–Crippen MR) is 95.1 cm³/mol. The Bertz CT molecular complexity index is 1060. The molecule has 0 spiro atoms. The monoisotopic (exact) mass is 408 g/mol. The fourth-order valence-corrected chi connectivity index (χ4v) is 4.56. The van der Waals surface area contributed by atoms with Crippen LogP contribution >= 0.6 is 0 Å². The predicted octanol–water partition coefficient (Wildman–Crippen LogP) is 2.26. The van der Waals surface area contributed by atoms with Gasteiger partial charge in [-0.3, -0.25) is 10.1 Å². The second-order valence-electron chi connectivity index (χ2n) is 6.01. The van der Waals surface area contributed by atoms with Crippen molar-refractivity contribution in [1.29, 1.82) is 5.26 Å². The Morgan fingerprint density at radius 1 is 1.07 bits per heavy atom. The molecule has 0 N–H and O–H groups in total. The average Bonchev–Trinajstić information content (AvgIpc) is 2.67. The van der Waals surface area contributed by atoms with Gasteiger partial charge in [-0.1, -0.05) is 6.07 Å². The number of rotatable bonds is 4. The average molecular weight is 408 g/mol. The minimum atomic E-state index is -4.40. The van der Waals surface area contributed by atoms with Crippen LogP contribution in [0.4, 0.5) is 20.2 Å². The van der Waals surface area contributed by atoms with Gasteiger partial charge in [0.05, 0.1) is 16.6 Å². The third-order valence-corrected chi connectivity index (χ3v) is 6.35. The Kier molecular flexibility index (Phi) is 5.26. The van der Waals surface area contributed by atoms with Crippen LogP contribution < -0.4 is 4.90 Å². The van der Waals surface area contributed by atoms with E-state index in [1.54, 1.807) is 4.90 Å². The van der Waals surface area contributed by atoms with E-state index in [4.69, 9.17) is 5.26 Å². The van der Waals surface area contributed by atoms with E-state index in [0.29, 0.717) is 0 Å². The molecule has 2 aromatic rings. The molecule has 1 aliphatic rings. The zero-order chi connectivity index (χ0) is 20.5. The van der Waals surface area contributed by atoms with Gasteiger partial charge in [0.15, 0.2) is 4.90 Å². The Morgan fingerprint density at radius 2 is 1.68 bits per heavy atom. The quantitative estimate of drug-likeness (QED) is 0.567. The van der Waals surface area contributed by atoms with Gasteiger partial charge >= 0.3 is 0 Å². The molecule has 1 fully saturated rings. The molecule has 3 rings (SSSR count). The lowest BCUT2D eigenvalue weighted by Gasteiger charge is -2.35. The molecule has 0 unspecified atom stereocenters. The molecule has 2 aromatic carbocycles. The number of anilines is 1. The van der Waals surface area contributed by atoms with Crippen molar-refractivity contribution < 1.29 is 22.1 Å². The van der Waals surface area contributed by atoms with Gasteiger partial charge in [0.2, 0.25) is 10.0 Å². The molecule has 0 radical (unpaired) electrons. The number of piperazine rings is 1. The van der Waals surface area contributed by atoms with Gasteiger partial charge in [-0.2, -0.15) is 9.57 Å². The zero-order valence-corrected chi connectivity index (χ0v) is 15.2. The molecular formula is C17H14F2N4O4S. The van der Waals surface area contributed by atoms with Gasteiger partial charge in [-0.25, -0.2) is 17.2 Å². The van der Waals surface area contributed by atoms with E-state index >= 15 is 0 Å². The van der Waals surface area contributed by atoms with Crippen LogP contribution in [0.5, 0.6) is 0 Å². The van der Waals surface area contributed by atoms with Crippen LogP contribution in [-0.4, -0.2) is 43.8 Å². The van der Waals surface area contributed by atoms with Crippen LogP contribution in [0.15, 0.2) is 41.3 Å². The summed E-state index contributed by atoms with van der Waals surface area (Å²) in [6.07, 6.45) is 0. The van der Waals surface area contributed by atoms with E-state index < -0.39 is 31.5 Å². The summed E-state index contributed by atoms with van der Waals surface area (Å²) in [6, 6.07) is 8.60. The van der Waals surface area contributed by atoms with Crippen molar-refractivity contribution >= 4 is 21.4 Å². The minimum absolute atomic E-state index is 0.0605. The van der Waals surface area contributed by atoms with E-state index in [1.807, 2.05) is 6.07 Å². The lowest BCUT2D eigenvalue weighted by atomic mass is 10.1. The lowest BCUT2D eigenvalue weighted by Crippen LogP contribution is -2.49. The third kappa shape index (κ3) is 3.51. The maximum atomic E-state index is 13.9. The summed E-state index contributed by atoms with van der Waals surface area (Å²) in [6.45, 7) is -0.121. The Balaban J connectivity index is 1.86.